The molecule has 0 aliphatic rings. The molecule has 0 amide bonds. The van der Waals surface area contributed by atoms with E-state index in [4.69, 9.17) is 0 Å². The van der Waals surface area contributed by atoms with Crippen molar-refractivity contribution < 1.29 is 204 Å². The van der Waals surface area contributed by atoms with Crippen molar-refractivity contribution in [2.75, 3.05) is 19.0 Å². The van der Waals surface area contributed by atoms with Gasteiger partial charge >= 0.3 is 137 Å². The van der Waals surface area contributed by atoms with Crippen molar-refractivity contribution in [2.45, 2.75) is 102 Å². The van der Waals surface area contributed by atoms with E-state index in [2.05, 4.69) is 18.8 Å². The Labute approximate surface area is 354 Å². The van der Waals surface area contributed by atoms with E-state index in [1.54, 1.807) is 0 Å². The number of hydrogen-bond donors (Lipinski definition) is 0. The third-order valence-electron chi connectivity index (χ3n) is 7.36. The van der Waals surface area contributed by atoms with Gasteiger partial charge in [-0.05, 0) is 0 Å². The molecule has 0 aromatic carbocycles. The standard InChI is InChI=1S/C23H12F32O7S.Na/c24-8(25)12(32,33)16(40,41)20(48,49)22(52,53)18(44,45)14(36,37)10(28,29)3-59-6(56)1-5(2-63-62-61-58)7(57)60-4-11(30,31)15(38,39)19(46,47)23(54,55)21(50,51)17(42,43)13(34,35)9(26)27;/h5,8-9,58H,1-4H2;/q;+1/p-1. The van der Waals surface area contributed by atoms with Crippen LogP contribution < -0.4 is 34.8 Å². The van der Waals surface area contributed by atoms with E-state index >= 15 is 0 Å². The van der Waals surface area contributed by atoms with Crippen LogP contribution in [0.3, 0.4) is 0 Å². The molecule has 0 aliphatic carbocycles. The molecule has 1 atom stereocenters. The smallest absolute Gasteiger partial charge is 0.691 e. The van der Waals surface area contributed by atoms with Gasteiger partial charge in [-0.3, -0.25) is 14.6 Å². The van der Waals surface area contributed by atoms with Gasteiger partial charge in [0.15, 0.2) is 13.2 Å². The summed E-state index contributed by atoms with van der Waals surface area (Å²) in [5.74, 6) is -129. The largest absolute Gasteiger partial charge is 1.00 e. The Hall–Kier alpha value is -2.07. The Bertz CT molecular complexity index is 1590. The van der Waals surface area contributed by atoms with Gasteiger partial charge < -0.3 is 14.7 Å². The van der Waals surface area contributed by atoms with Crippen LogP contribution in [-0.2, 0) is 28.4 Å². The fourth-order valence-electron chi connectivity index (χ4n) is 3.57. The second kappa shape index (κ2) is 19.5. The van der Waals surface area contributed by atoms with Crippen LogP contribution in [0.15, 0.2) is 0 Å². The number of esters is 2. The summed E-state index contributed by atoms with van der Waals surface area (Å²) in [6.45, 7) is -8.04. The maximum absolute atomic E-state index is 14.1. The summed E-state index contributed by atoms with van der Waals surface area (Å²) in [6, 6.07) is 0. The van der Waals surface area contributed by atoms with Crippen LogP contribution in [-0.4, -0.2) is 127 Å². The second-order valence-electron chi connectivity index (χ2n) is 11.6. The maximum atomic E-state index is 14.1. The Morgan fingerprint density at radius 3 is 0.984 bits per heavy atom. The van der Waals surface area contributed by atoms with Crippen molar-refractivity contribution >= 4 is 24.0 Å². The van der Waals surface area contributed by atoms with Crippen LogP contribution in [0, 0.1) is 5.92 Å². The zero-order valence-electron chi connectivity index (χ0n) is 28.9. The third-order valence-corrected chi connectivity index (χ3v) is 8.05. The van der Waals surface area contributed by atoms with E-state index in [9.17, 15) is 155 Å². The summed E-state index contributed by atoms with van der Waals surface area (Å²) in [6.07, 6.45) is -14.9. The van der Waals surface area contributed by atoms with Gasteiger partial charge in [0.25, 0.3) is 0 Å². The first kappa shape index (κ1) is 64.0. The number of alkyl halides is 32. The molecule has 0 heterocycles. The van der Waals surface area contributed by atoms with Crippen molar-refractivity contribution in [1.82, 2.24) is 0 Å². The normalized spacial score (nSPS) is 15.9. The average molecular weight is 1060 g/mol. The molecule has 0 aromatic rings. The monoisotopic (exact) mass is 1060 g/mol. The summed E-state index contributed by atoms with van der Waals surface area (Å²) in [7, 11) is 0. The molecule has 0 saturated heterocycles. The molecule has 0 N–H and O–H groups in total. The molecule has 0 rings (SSSR count). The van der Waals surface area contributed by atoms with Gasteiger partial charge in [-0.2, -0.15) is 127 Å². The molecule has 0 fully saturated rings. The van der Waals surface area contributed by atoms with Crippen molar-refractivity contribution in [3.05, 3.63) is 0 Å². The molecule has 0 radical (unpaired) electrons. The molecular weight excluding hydrogens is 1050 g/mol. The minimum atomic E-state index is -8.97. The summed E-state index contributed by atoms with van der Waals surface area (Å²) in [5, 5.41) is 12.4. The Kier molecular flexibility index (Phi) is 19.5. The van der Waals surface area contributed by atoms with Crippen LogP contribution in [0.5, 0.6) is 0 Å². The topological polar surface area (TPSA) is 94.1 Å². The molecule has 0 saturated carbocycles. The van der Waals surface area contributed by atoms with Crippen molar-refractivity contribution in [3.8, 4) is 0 Å². The van der Waals surface area contributed by atoms with Gasteiger partial charge in [0.05, 0.1) is 12.3 Å². The summed E-state index contributed by atoms with van der Waals surface area (Å²) in [5.41, 5.74) is 0. The van der Waals surface area contributed by atoms with Crippen LogP contribution in [0.25, 0.3) is 0 Å². The summed E-state index contributed by atoms with van der Waals surface area (Å²) < 4.78 is 440. The van der Waals surface area contributed by atoms with Gasteiger partial charge in [0.1, 0.15) is 0 Å². The molecule has 376 valence electrons. The van der Waals surface area contributed by atoms with E-state index in [0.29, 0.717) is 0 Å². The Morgan fingerprint density at radius 2 is 0.703 bits per heavy atom. The first-order valence-corrected chi connectivity index (χ1v) is 15.0. The minimum absolute atomic E-state index is 0. The second-order valence-corrected chi connectivity index (χ2v) is 12.3. The SMILES string of the molecule is O=C(CC(CSOO[O-])C(=O)OCC(F)(F)C(F)(F)C(F)(F)C(F)(F)C(F)(F)C(F)(F)C(F)(F)C(F)F)OCC(F)(F)C(F)(F)C(F)(F)C(F)(F)C(F)(F)C(F)(F)C(F)(F)C(F)F.[Na+]. The first-order valence-electron chi connectivity index (χ1n) is 14.1. The van der Waals surface area contributed by atoms with Crippen molar-refractivity contribution in [2.24, 2.45) is 5.92 Å². The first-order chi connectivity index (χ1) is 27.3. The Morgan fingerprint density at radius 1 is 0.438 bits per heavy atom. The third kappa shape index (κ3) is 10.2. The predicted octanol–water partition coefficient (Wildman–Crippen LogP) is 6.38. The molecule has 0 bridgehead atoms. The quantitative estimate of drug-likeness (QED) is 0.0198. The number of rotatable bonds is 25. The molecule has 0 aliphatic heterocycles. The van der Waals surface area contributed by atoms with Crippen LogP contribution >= 0.6 is 12.0 Å². The molecule has 7 nitrogen and oxygen atoms in total. The minimum Gasteiger partial charge on any atom is -0.691 e. The molecule has 0 aromatic heterocycles. The van der Waals surface area contributed by atoms with Gasteiger partial charge in [-0.1, -0.05) is 0 Å². The van der Waals surface area contributed by atoms with E-state index in [1.165, 1.54) is 0 Å². The van der Waals surface area contributed by atoms with Crippen LogP contribution in [0.2, 0.25) is 0 Å². The molecule has 41 heteroatoms. The number of ether oxygens (including phenoxy) is 2. The zero-order valence-corrected chi connectivity index (χ0v) is 31.7. The van der Waals surface area contributed by atoms with E-state index in [0.717, 1.165) is 0 Å². The van der Waals surface area contributed by atoms with E-state index in [1.807, 2.05) is 0 Å². The number of halogens is 32. The molecule has 64 heavy (non-hydrogen) atoms. The predicted molar refractivity (Wildman–Crippen MR) is 126 cm³/mol. The molecule has 0 spiro atoms. The van der Waals surface area contributed by atoms with Gasteiger partial charge in [-0.15, -0.1) is 0 Å². The fourth-order valence-corrected chi connectivity index (χ4v) is 4.08. The number of carbonyl (C=O) groups is 2. The van der Waals surface area contributed by atoms with Crippen LogP contribution in [0.4, 0.5) is 140 Å². The van der Waals surface area contributed by atoms with Crippen molar-refractivity contribution in [3.63, 3.8) is 0 Å². The average Bonchev–Trinajstić information content (AvgIpc) is 3.11. The number of carbonyl (C=O) groups excluding carboxylic acids is 2. The molecular formula is C23H11F32NaO7S. The van der Waals surface area contributed by atoms with Gasteiger partial charge in [-0.25, -0.2) is 17.6 Å². The Balaban J connectivity index is 0. The number of hydrogen-bond acceptors (Lipinski definition) is 8. The summed E-state index contributed by atoms with van der Waals surface area (Å²) in [4.78, 5) is 23.9. The summed E-state index contributed by atoms with van der Waals surface area (Å²) >= 11 is -0.822. The zero-order chi connectivity index (χ0) is 51.3. The van der Waals surface area contributed by atoms with Crippen LogP contribution in [0.1, 0.15) is 6.42 Å². The van der Waals surface area contributed by atoms with E-state index < -0.39 is 151 Å². The van der Waals surface area contributed by atoms with E-state index in [-0.39, 0.29) is 29.6 Å². The van der Waals surface area contributed by atoms with Crippen molar-refractivity contribution in [1.29, 1.82) is 0 Å². The fraction of sp³-hybridized carbons (Fsp3) is 0.913. The van der Waals surface area contributed by atoms with Gasteiger partial charge in [0.2, 0.25) is 0 Å². The molecule has 1 unspecified atom stereocenters. The maximum Gasteiger partial charge on any atom is 1.00 e. The van der Waals surface area contributed by atoms with Gasteiger partial charge in [0, 0.05) is 17.8 Å².